The lowest BCUT2D eigenvalue weighted by Crippen LogP contribution is -2.02. The molecule has 0 saturated carbocycles. The molecule has 0 bridgehead atoms. The zero-order chi connectivity index (χ0) is 8.27. The van der Waals surface area contributed by atoms with Gasteiger partial charge in [0.05, 0.1) is 5.69 Å². The first kappa shape index (κ1) is 8.27. The molecular weight excluding hydrogens is 138 g/mol. The molecule has 0 unspecified atom stereocenters. The first-order valence-corrected chi connectivity index (χ1v) is 3.99. The van der Waals surface area contributed by atoms with Crippen LogP contribution in [0.1, 0.15) is 18.4 Å². The zero-order valence-electron chi connectivity index (χ0n) is 7.17. The van der Waals surface area contributed by atoms with Gasteiger partial charge in [-0.3, -0.25) is 0 Å². The maximum atomic E-state index is 5.41. The first-order chi connectivity index (χ1) is 5.27. The summed E-state index contributed by atoms with van der Waals surface area (Å²) in [5, 5.41) is 0. The average Bonchev–Trinajstić information content (AvgIpc) is 2.32. The Kier molecular flexibility index (Phi) is 2.65. The van der Waals surface area contributed by atoms with Gasteiger partial charge in [0, 0.05) is 26.1 Å². The van der Waals surface area contributed by atoms with E-state index in [1.165, 1.54) is 0 Å². The standard InChI is InChI=1S/C8H15N3/c1-3-8-10-7(4-5-9)6-11(8)2/h6H,3-5,9H2,1-2H3. The highest BCUT2D eigenvalue weighted by Gasteiger charge is 2.00. The molecule has 1 aromatic rings. The van der Waals surface area contributed by atoms with Crippen LogP contribution < -0.4 is 5.73 Å². The molecule has 0 aromatic carbocycles. The van der Waals surface area contributed by atoms with Crippen molar-refractivity contribution in [2.24, 2.45) is 12.8 Å². The van der Waals surface area contributed by atoms with Gasteiger partial charge < -0.3 is 10.3 Å². The summed E-state index contributed by atoms with van der Waals surface area (Å²) in [6, 6.07) is 0. The summed E-state index contributed by atoms with van der Waals surface area (Å²) in [5.41, 5.74) is 6.52. The second-order valence-electron chi connectivity index (χ2n) is 2.65. The summed E-state index contributed by atoms with van der Waals surface area (Å²) in [7, 11) is 2.02. The van der Waals surface area contributed by atoms with E-state index in [2.05, 4.69) is 16.5 Å². The molecule has 0 aliphatic carbocycles. The van der Waals surface area contributed by atoms with Gasteiger partial charge in [-0.25, -0.2) is 4.98 Å². The molecule has 3 nitrogen and oxygen atoms in total. The molecule has 0 fully saturated rings. The number of aromatic nitrogens is 2. The van der Waals surface area contributed by atoms with Crippen LogP contribution in [-0.2, 0) is 19.9 Å². The number of hydrogen-bond acceptors (Lipinski definition) is 2. The minimum Gasteiger partial charge on any atom is -0.338 e. The van der Waals surface area contributed by atoms with Crippen LogP contribution in [0.3, 0.4) is 0 Å². The van der Waals surface area contributed by atoms with Crippen molar-refractivity contribution < 1.29 is 0 Å². The third-order valence-corrected chi connectivity index (χ3v) is 1.74. The fourth-order valence-corrected chi connectivity index (χ4v) is 1.17. The zero-order valence-corrected chi connectivity index (χ0v) is 7.17. The second-order valence-corrected chi connectivity index (χ2v) is 2.65. The Bertz CT molecular complexity index is 227. The molecular formula is C8H15N3. The average molecular weight is 153 g/mol. The van der Waals surface area contributed by atoms with Crippen LogP contribution in [0.25, 0.3) is 0 Å². The van der Waals surface area contributed by atoms with Crippen LogP contribution >= 0.6 is 0 Å². The molecule has 0 aliphatic rings. The highest BCUT2D eigenvalue weighted by atomic mass is 15.0. The van der Waals surface area contributed by atoms with Crippen molar-refractivity contribution in [2.45, 2.75) is 19.8 Å². The highest BCUT2D eigenvalue weighted by Crippen LogP contribution is 2.01. The monoisotopic (exact) mass is 153 g/mol. The van der Waals surface area contributed by atoms with Gasteiger partial charge in [0.2, 0.25) is 0 Å². The van der Waals surface area contributed by atoms with E-state index < -0.39 is 0 Å². The molecule has 0 radical (unpaired) electrons. The summed E-state index contributed by atoms with van der Waals surface area (Å²) in [4.78, 5) is 4.40. The van der Waals surface area contributed by atoms with E-state index in [-0.39, 0.29) is 0 Å². The van der Waals surface area contributed by atoms with Crippen molar-refractivity contribution in [3.8, 4) is 0 Å². The smallest absolute Gasteiger partial charge is 0.108 e. The Balaban J connectivity index is 2.77. The maximum Gasteiger partial charge on any atom is 0.108 e. The van der Waals surface area contributed by atoms with E-state index in [1.54, 1.807) is 0 Å². The Morgan fingerprint density at radius 1 is 1.64 bits per heavy atom. The molecule has 1 aromatic heterocycles. The van der Waals surface area contributed by atoms with Gasteiger partial charge in [0.1, 0.15) is 5.82 Å². The predicted octanol–water partition coefficient (Wildman–Crippen LogP) is 0.484. The number of aryl methyl sites for hydroxylation is 2. The SMILES string of the molecule is CCc1nc(CCN)cn1C. The summed E-state index contributed by atoms with van der Waals surface area (Å²) in [6.45, 7) is 2.79. The highest BCUT2D eigenvalue weighted by molar-refractivity contribution is 5.03. The topological polar surface area (TPSA) is 43.8 Å². The minimum atomic E-state index is 0.681. The molecule has 1 heterocycles. The minimum absolute atomic E-state index is 0.681. The van der Waals surface area contributed by atoms with Gasteiger partial charge >= 0.3 is 0 Å². The molecule has 0 aliphatic heterocycles. The van der Waals surface area contributed by atoms with Crippen LogP contribution in [0.2, 0.25) is 0 Å². The quantitative estimate of drug-likeness (QED) is 0.686. The van der Waals surface area contributed by atoms with E-state index in [4.69, 9.17) is 5.73 Å². The summed E-state index contributed by atoms with van der Waals surface area (Å²) in [5.74, 6) is 1.13. The molecule has 0 atom stereocenters. The molecule has 0 amide bonds. The largest absolute Gasteiger partial charge is 0.338 e. The van der Waals surface area contributed by atoms with E-state index in [0.717, 1.165) is 24.4 Å². The predicted molar refractivity (Wildman–Crippen MR) is 45.3 cm³/mol. The summed E-state index contributed by atoms with van der Waals surface area (Å²) < 4.78 is 2.06. The number of imidazole rings is 1. The van der Waals surface area contributed by atoms with Crippen molar-refractivity contribution in [2.75, 3.05) is 6.54 Å². The van der Waals surface area contributed by atoms with E-state index in [9.17, 15) is 0 Å². The fraction of sp³-hybridized carbons (Fsp3) is 0.625. The van der Waals surface area contributed by atoms with Crippen molar-refractivity contribution in [1.82, 2.24) is 9.55 Å². The Morgan fingerprint density at radius 2 is 2.36 bits per heavy atom. The Labute approximate surface area is 67.2 Å². The van der Waals surface area contributed by atoms with Crippen molar-refractivity contribution in [1.29, 1.82) is 0 Å². The van der Waals surface area contributed by atoms with Gasteiger partial charge in [-0.05, 0) is 6.54 Å². The molecule has 0 saturated heterocycles. The van der Waals surface area contributed by atoms with E-state index in [1.807, 2.05) is 13.2 Å². The lowest BCUT2D eigenvalue weighted by Gasteiger charge is -1.92. The lowest BCUT2D eigenvalue weighted by molar-refractivity contribution is 0.807. The molecule has 3 heteroatoms. The Morgan fingerprint density at radius 3 is 2.82 bits per heavy atom. The van der Waals surface area contributed by atoms with Gasteiger partial charge in [-0.1, -0.05) is 6.92 Å². The van der Waals surface area contributed by atoms with Crippen LogP contribution in [0, 0.1) is 0 Å². The Hall–Kier alpha value is -0.830. The maximum absolute atomic E-state index is 5.41. The van der Waals surface area contributed by atoms with Gasteiger partial charge in [-0.15, -0.1) is 0 Å². The molecule has 11 heavy (non-hydrogen) atoms. The van der Waals surface area contributed by atoms with Gasteiger partial charge in [0.15, 0.2) is 0 Å². The number of rotatable bonds is 3. The summed E-state index contributed by atoms with van der Waals surface area (Å²) >= 11 is 0. The number of nitrogens with two attached hydrogens (primary N) is 1. The van der Waals surface area contributed by atoms with E-state index in [0.29, 0.717) is 6.54 Å². The normalized spacial score (nSPS) is 10.5. The van der Waals surface area contributed by atoms with Gasteiger partial charge in [-0.2, -0.15) is 0 Å². The van der Waals surface area contributed by atoms with Crippen molar-refractivity contribution in [3.05, 3.63) is 17.7 Å². The summed E-state index contributed by atoms with van der Waals surface area (Å²) in [6.07, 6.45) is 3.92. The van der Waals surface area contributed by atoms with Crippen LogP contribution in [0.4, 0.5) is 0 Å². The number of hydrogen-bond donors (Lipinski definition) is 1. The van der Waals surface area contributed by atoms with Crippen LogP contribution in [0.15, 0.2) is 6.20 Å². The first-order valence-electron chi connectivity index (χ1n) is 3.99. The third kappa shape index (κ3) is 1.80. The van der Waals surface area contributed by atoms with Gasteiger partial charge in [0.25, 0.3) is 0 Å². The van der Waals surface area contributed by atoms with Crippen molar-refractivity contribution >= 4 is 0 Å². The van der Waals surface area contributed by atoms with Crippen LogP contribution in [-0.4, -0.2) is 16.1 Å². The van der Waals surface area contributed by atoms with Crippen LogP contribution in [0.5, 0.6) is 0 Å². The lowest BCUT2D eigenvalue weighted by atomic mass is 10.3. The molecule has 1 rings (SSSR count). The fourth-order valence-electron chi connectivity index (χ4n) is 1.17. The second kappa shape index (κ2) is 3.53. The van der Waals surface area contributed by atoms with E-state index >= 15 is 0 Å². The molecule has 0 spiro atoms. The van der Waals surface area contributed by atoms with Crippen molar-refractivity contribution in [3.63, 3.8) is 0 Å². The molecule has 2 N–H and O–H groups in total. The number of nitrogens with zero attached hydrogens (tertiary/aromatic N) is 2. The molecule has 62 valence electrons. The third-order valence-electron chi connectivity index (χ3n) is 1.74.